The van der Waals surface area contributed by atoms with Crippen LogP contribution in [0.2, 0.25) is 0 Å². The molecule has 2 heterocycles. The van der Waals surface area contributed by atoms with Gasteiger partial charge in [0.05, 0.1) is 32.0 Å². The summed E-state index contributed by atoms with van der Waals surface area (Å²) in [5, 5.41) is 13.4. The van der Waals surface area contributed by atoms with Gasteiger partial charge in [-0.05, 0) is 38.8 Å². The van der Waals surface area contributed by atoms with Crippen molar-refractivity contribution in [3.63, 3.8) is 0 Å². The molecule has 0 saturated carbocycles. The van der Waals surface area contributed by atoms with E-state index < -0.39 is 42.7 Å². The van der Waals surface area contributed by atoms with Crippen molar-refractivity contribution in [2.75, 3.05) is 13.2 Å². The van der Waals surface area contributed by atoms with Crippen LogP contribution in [0.5, 0.6) is 0 Å². The number of hydrogen-bond donors (Lipinski definition) is 1. The second-order valence-electron chi connectivity index (χ2n) is 14.5. The molecule has 6 rings (SSSR count). The van der Waals surface area contributed by atoms with Gasteiger partial charge in [-0.1, -0.05) is 132 Å². The molecule has 4 aromatic carbocycles. The normalized spacial score (nSPS) is 20.4. The van der Waals surface area contributed by atoms with Crippen LogP contribution in [-0.2, 0) is 44.2 Å². The first-order valence-electron chi connectivity index (χ1n) is 17.7. The highest BCUT2D eigenvalue weighted by molar-refractivity contribution is 6.86. The van der Waals surface area contributed by atoms with Crippen LogP contribution in [0.1, 0.15) is 43.9 Å². The third-order valence-corrected chi connectivity index (χ3v) is 13.1. The number of benzene rings is 4. The fraction of sp³-hybridized carbons (Fsp3) is 0.333. The number of aryl methyl sites for hydroxylation is 1. The molecule has 9 nitrogen and oxygen atoms in total. The number of nitrogens with zero attached hydrogens (tertiary/aromatic N) is 2. The average molecular weight is 721 g/mol. The highest BCUT2D eigenvalue weighted by atomic mass is 28.3. The molecule has 1 saturated heterocycles. The molecule has 0 spiro atoms. The predicted molar refractivity (Wildman–Crippen MR) is 204 cm³/mol. The topological polar surface area (TPSA) is 101 Å². The van der Waals surface area contributed by atoms with Crippen LogP contribution in [-0.4, -0.2) is 53.6 Å². The van der Waals surface area contributed by atoms with Crippen molar-refractivity contribution in [1.29, 1.82) is 0 Å². The molecule has 1 aromatic heterocycles. The molecule has 272 valence electrons. The van der Waals surface area contributed by atoms with Gasteiger partial charge in [0.2, 0.25) is 0 Å². The standard InChI is InChI=1S/C42H48N2O7Si/c1-32-25-44(39(46)43(38(32)45)31-49-27-34-19-11-6-12-20-34)42(52(35-21-13-7-14-22-35)36-23-15-8-16-24-36)29-41(47,37(51-42)28-50-40(2,3)4)30-48-26-33-17-9-5-10-18-33/h5-25,37,47,52H,26-31H2,1-4H3/t37-,41-,42+/m1/s1. The fourth-order valence-electron chi connectivity index (χ4n) is 6.93. The van der Waals surface area contributed by atoms with Gasteiger partial charge in [-0.25, -0.2) is 9.36 Å². The molecule has 0 aliphatic carbocycles. The Labute approximate surface area is 306 Å². The Hall–Kier alpha value is -4.42. The van der Waals surface area contributed by atoms with Gasteiger partial charge in [0.15, 0.2) is 8.80 Å². The SMILES string of the molecule is Cc1cn([C@@]2([SiH](c3ccccc3)c3ccccc3)C[C@@](O)(COCc3ccccc3)[C@@H](COC(C)(C)C)O2)c(=O)n(COCc2ccccc2)c1=O. The third-order valence-electron chi connectivity index (χ3n) is 9.44. The van der Waals surface area contributed by atoms with Crippen LogP contribution in [0, 0.1) is 6.92 Å². The molecular formula is C42H48N2O7Si. The zero-order valence-corrected chi connectivity index (χ0v) is 31.5. The summed E-state index contributed by atoms with van der Waals surface area (Å²) in [6, 6.07) is 39.4. The Morgan fingerprint density at radius 1 is 0.788 bits per heavy atom. The van der Waals surface area contributed by atoms with Crippen molar-refractivity contribution >= 4 is 19.2 Å². The van der Waals surface area contributed by atoms with Crippen molar-refractivity contribution in [2.24, 2.45) is 0 Å². The number of rotatable bonds is 14. The molecule has 5 aromatic rings. The Balaban J connectivity index is 1.50. The second-order valence-corrected chi connectivity index (χ2v) is 17.7. The summed E-state index contributed by atoms with van der Waals surface area (Å²) in [5.41, 5.74) is -0.916. The van der Waals surface area contributed by atoms with E-state index in [-0.39, 0.29) is 39.6 Å². The number of aromatic nitrogens is 2. The summed E-state index contributed by atoms with van der Waals surface area (Å²) in [5.74, 6) is 0. The van der Waals surface area contributed by atoms with Crippen molar-refractivity contribution in [1.82, 2.24) is 9.13 Å². The quantitative estimate of drug-likeness (QED) is 0.171. The molecule has 1 fully saturated rings. The van der Waals surface area contributed by atoms with Crippen molar-refractivity contribution in [3.05, 3.63) is 165 Å². The van der Waals surface area contributed by atoms with Crippen LogP contribution in [0.3, 0.4) is 0 Å². The smallest absolute Gasteiger partial charge is 0.335 e. The largest absolute Gasteiger partial charge is 0.384 e. The zero-order valence-electron chi connectivity index (χ0n) is 30.3. The third kappa shape index (κ3) is 8.44. The highest BCUT2D eigenvalue weighted by Crippen LogP contribution is 2.44. The van der Waals surface area contributed by atoms with Gasteiger partial charge in [0.1, 0.15) is 23.8 Å². The van der Waals surface area contributed by atoms with E-state index in [9.17, 15) is 14.7 Å². The first-order valence-corrected chi connectivity index (χ1v) is 19.4. The van der Waals surface area contributed by atoms with Gasteiger partial charge < -0.3 is 24.1 Å². The molecule has 0 amide bonds. The van der Waals surface area contributed by atoms with Crippen LogP contribution in [0.4, 0.5) is 0 Å². The van der Waals surface area contributed by atoms with Crippen LogP contribution in [0.25, 0.3) is 0 Å². The minimum atomic E-state index is -2.69. The minimum absolute atomic E-state index is 0.00998. The molecule has 52 heavy (non-hydrogen) atoms. The fourth-order valence-corrected chi connectivity index (χ4v) is 10.9. The summed E-state index contributed by atoms with van der Waals surface area (Å²) in [7, 11) is -2.69. The van der Waals surface area contributed by atoms with E-state index >= 15 is 0 Å². The summed E-state index contributed by atoms with van der Waals surface area (Å²) in [4.78, 5) is 28.5. The Kier molecular flexibility index (Phi) is 11.5. The lowest BCUT2D eigenvalue weighted by Gasteiger charge is -2.39. The molecule has 3 atom stereocenters. The summed E-state index contributed by atoms with van der Waals surface area (Å²) in [6.07, 6.45) is 0.713. The van der Waals surface area contributed by atoms with Crippen LogP contribution >= 0.6 is 0 Å². The molecule has 0 radical (unpaired) electrons. The first kappa shape index (κ1) is 37.3. The average Bonchev–Trinajstić information content (AvgIpc) is 3.44. The van der Waals surface area contributed by atoms with Gasteiger partial charge in [-0.15, -0.1) is 0 Å². The summed E-state index contributed by atoms with van der Waals surface area (Å²) in [6.45, 7) is 7.76. The van der Waals surface area contributed by atoms with E-state index in [0.717, 1.165) is 26.1 Å². The van der Waals surface area contributed by atoms with Crippen molar-refractivity contribution < 1.29 is 24.1 Å². The van der Waals surface area contributed by atoms with Gasteiger partial charge in [-0.3, -0.25) is 9.36 Å². The predicted octanol–water partition coefficient (Wildman–Crippen LogP) is 4.28. The maximum absolute atomic E-state index is 14.8. The number of hydrogen-bond acceptors (Lipinski definition) is 7. The monoisotopic (exact) mass is 720 g/mol. The maximum Gasteiger partial charge on any atom is 0.335 e. The molecule has 10 heteroatoms. The van der Waals surface area contributed by atoms with E-state index in [1.54, 1.807) is 17.7 Å². The second kappa shape index (κ2) is 16.1. The van der Waals surface area contributed by atoms with Gasteiger partial charge in [0, 0.05) is 18.2 Å². The zero-order chi connectivity index (χ0) is 36.8. The van der Waals surface area contributed by atoms with E-state index in [0.29, 0.717) is 5.56 Å². The number of ether oxygens (including phenoxy) is 4. The molecule has 1 aliphatic heterocycles. The Bertz CT molecular complexity index is 1980. The lowest BCUT2D eigenvalue weighted by Crippen LogP contribution is -2.65. The lowest BCUT2D eigenvalue weighted by atomic mass is 9.95. The lowest BCUT2D eigenvalue weighted by molar-refractivity contribution is -0.149. The molecule has 0 unspecified atom stereocenters. The molecule has 1 aliphatic rings. The van der Waals surface area contributed by atoms with Crippen molar-refractivity contribution in [3.8, 4) is 0 Å². The molecule has 0 bridgehead atoms. The van der Waals surface area contributed by atoms with Gasteiger partial charge in [-0.2, -0.15) is 0 Å². The molecule has 1 N–H and O–H groups in total. The van der Waals surface area contributed by atoms with Crippen molar-refractivity contribution in [2.45, 2.75) is 76.7 Å². The summed E-state index contributed by atoms with van der Waals surface area (Å²) < 4.78 is 28.4. The Morgan fingerprint density at radius 3 is 1.81 bits per heavy atom. The highest BCUT2D eigenvalue weighted by Gasteiger charge is 2.61. The van der Waals surface area contributed by atoms with Crippen LogP contribution < -0.4 is 21.6 Å². The van der Waals surface area contributed by atoms with Crippen LogP contribution in [0.15, 0.2) is 137 Å². The van der Waals surface area contributed by atoms with E-state index in [1.807, 2.05) is 118 Å². The van der Waals surface area contributed by atoms with E-state index in [2.05, 4.69) is 24.3 Å². The minimum Gasteiger partial charge on any atom is -0.384 e. The Morgan fingerprint density at radius 2 is 1.29 bits per heavy atom. The van der Waals surface area contributed by atoms with Gasteiger partial charge in [0.25, 0.3) is 5.56 Å². The van der Waals surface area contributed by atoms with E-state index in [1.165, 1.54) is 0 Å². The van der Waals surface area contributed by atoms with Gasteiger partial charge >= 0.3 is 5.69 Å². The van der Waals surface area contributed by atoms with E-state index in [4.69, 9.17) is 18.9 Å². The first-order chi connectivity index (χ1) is 25.0. The maximum atomic E-state index is 14.8. The molecular weight excluding hydrogens is 673 g/mol. The summed E-state index contributed by atoms with van der Waals surface area (Å²) >= 11 is 0. The number of aliphatic hydroxyl groups is 1.